The Morgan fingerprint density at radius 3 is 2.29 bits per heavy atom. The van der Waals surface area contributed by atoms with E-state index in [1.807, 2.05) is 39.0 Å². The number of amides is 2. The van der Waals surface area contributed by atoms with Crippen molar-refractivity contribution in [1.82, 2.24) is 10.2 Å². The van der Waals surface area contributed by atoms with Crippen molar-refractivity contribution in [3.05, 3.63) is 63.9 Å². The van der Waals surface area contributed by atoms with Crippen molar-refractivity contribution < 1.29 is 18.7 Å². The molecule has 5 nitrogen and oxygen atoms in total. The SMILES string of the molecule is CCc1ccc(OCC(=O)N(Cc2ccc(F)cc2)[C@@H](CC)C(=O)NC(C)C)c(Br)c1. The minimum absolute atomic E-state index is 0.0476. The summed E-state index contributed by atoms with van der Waals surface area (Å²) in [5, 5.41) is 2.88. The number of aryl methyl sites for hydroxylation is 1. The fourth-order valence-corrected chi connectivity index (χ4v) is 3.73. The lowest BCUT2D eigenvalue weighted by Gasteiger charge is -2.31. The van der Waals surface area contributed by atoms with Gasteiger partial charge in [0.1, 0.15) is 17.6 Å². The van der Waals surface area contributed by atoms with Crippen LogP contribution in [0.2, 0.25) is 0 Å². The molecule has 2 aromatic rings. The molecule has 0 fully saturated rings. The lowest BCUT2D eigenvalue weighted by molar-refractivity contribution is -0.143. The topological polar surface area (TPSA) is 58.6 Å². The molecular weight excluding hydrogens is 463 g/mol. The fourth-order valence-electron chi connectivity index (χ4n) is 3.19. The highest BCUT2D eigenvalue weighted by molar-refractivity contribution is 9.10. The van der Waals surface area contributed by atoms with Crippen molar-refractivity contribution in [2.24, 2.45) is 0 Å². The Labute approximate surface area is 192 Å². The van der Waals surface area contributed by atoms with E-state index in [9.17, 15) is 14.0 Å². The normalized spacial score (nSPS) is 11.8. The molecule has 2 amide bonds. The van der Waals surface area contributed by atoms with Crippen molar-refractivity contribution in [1.29, 1.82) is 0 Å². The average molecular weight is 493 g/mol. The molecule has 2 aromatic carbocycles. The van der Waals surface area contributed by atoms with Crippen LogP contribution in [0.5, 0.6) is 5.75 Å². The first-order chi connectivity index (χ1) is 14.7. The first kappa shape index (κ1) is 24.9. The van der Waals surface area contributed by atoms with Crippen molar-refractivity contribution >= 4 is 27.7 Å². The van der Waals surface area contributed by atoms with Crippen molar-refractivity contribution in [3.8, 4) is 5.75 Å². The van der Waals surface area contributed by atoms with Gasteiger partial charge in [0.2, 0.25) is 5.91 Å². The number of carbonyl (C=O) groups is 2. The number of carbonyl (C=O) groups excluding carboxylic acids is 2. The molecule has 0 saturated heterocycles. The molecule has 1 atom stereocenters. The van der Waals surface area contributed by atoms with E-state index in [0.717, 1.165) is 22.0 Å². The maximum Gasteiger partial charge on any atom is 0.261 e. The van der Waals surface area contributed by atoms with Crippen LogP contribution in [0.3, 0.4) is 0 Å². The van der Waals surface area contributed by atoms with Crippen LogP contribution >= 0.6 is 15.9 Å². The summed E-state index contributed by atoms with van der Waals surface area (Å²) < 4.78 is 19.8. The minimum Gasteiger partial charge on any atom is -0.483 e. The molecule has 2 rings (SSSR count). The third-order valence-electron chi connectivity index (χ3n) is 4.84. The summed E-state index contributed by atoms with van der Waals surface area (Å²) in [5.41, 5.74) is 1.89. The van der Waals surface area contributed by atoms with Gasteiger partial charge in [0.25, 0.3) is 5.91 Å². The van der Waals surface area contributed by atoms with Crippen LogP contribution in [-0.4, -0.2) is 35.4 Å². The largest absolute Gasteiger partial charge is 0.483 e. The highest BCUT2D eigenvalue weighted by atomic mass is 79.9. The van der Waals surface area contributed by atoms with E-state index in [4.69, 9.17) is 4.74 Å². The van der Waals surface area contributed by atoms with Crippen molar-refractivity contribution in [2.45, 2.75) is 59.2 Å². The maximum absolute atomic E-state index is 13.3. The van der Waals surface area contributed by atoms with E-state index in [1.54, 1.807) is 12.1 Å². The van der Waals surface area contributed by atoms with Gasteiger partial charge >= 0.3 is 0 Å². The summed E-state index contributed by atoms with van der Waals surface area (Å²) in [5.74, 6) is -0.329. The third kappa shape index (κ3) is 7.35. The number of nitrogens with one attached hydrogen (secondary N) is 1. The van der Waals surface area contributed by atoms with Gasteiger partial charge in [-0.1, -0.05) is 32.0 Å². The zero-order chi connectivity index (χ0) is 23.0. The van der Waals surface area contributed by atoms with Gasteiger partial charge in [-0.3, -0.25) is 9.59 Å². The maximum atomic E-state index is 13.3. The monoisotopic (exact) mass is 492 g/mol. The summed E-state index contributed by atoms with van der Waals surface area (Å²) in [6.45, 7) is 7.64. The van der Waals surface area contributed by atoms with Crippen LogP contribution in [0, 0.1) is 5.82 Å². The number of hydrogen-bond donors (Lipinski definition) is 1. The molecule has 0 radical (unpaired) electrons. The van der Waals surface area contributed by atoms with E-state index in [2.05, 4.69) is 28.2 Å². The number of ether oxygens (including phenoxy) is 1. The van der Waals surface area contributed by atoms with Gasteiger partial charge in [-0.15, -0.1) is 0 Å². The second-order valence-corrected chi connectivity index (χ2v) is 8.50. The summed E-state index contributed by atoms with van der Waals surface area (Å²) >= 11 is 3.48. The summed E-state index contributed by atoms with van der Waals surface area (Å²) in [6, 6.07) is 10.9. The average Bonchev–Trinajstić information content (AvgIpc) is 2.73. The Kier molecular flexibility index (Phi) is 9.49. The van der Waals surface area contributed by atoms with E-state index in [1.165, 1.54) is 17.0 Å². The third-order valence-corrected chi connectivity index (χ3v) is 5.46. The predicted molar refractivity (Wildman–Crippen MR) is 123 cm³/mol. The lowest BCUT2D eigenvalue weighted by Crippen LogP contribution is -2.51. The zero-order valence-corrected chi connectivity index (χ0v) is 20.0. The molecule has 168 valence electrons. The molecule has 0 saturated carbocycles. The molecule has 0 aliphatic heterocycles. The predicted octanol–water partition coefficient (Wildman–Crippen LogP) is 4.86. The van der Waals surface area contributed by atoms with Crippen LogP contribution in [0.1, 0.15) is 45.2 Å². The van der Waals surface area contributed by atoms with Gasteiger partial charge in [0, 0.05) is 12.6 Å². The van der Waals surface area contributed by atoms with Gasteiger partial charge in [-0.2, -0.15) is 0 Å². The summed E-state index contributed by atoms with van der Waals surface area (Å²) in [4.78, 5) is 27.4. The molecule has 31 heavy (non-hydrogen) atoms. The van der Waals surface area contributed by atoms with Crippen molar-refractivity contribution in [2.75, 3.05) is 6.61 Å². The van der Waals surface area contributed by atoms with Gasteiger partial charge < -0.3 is 15.0 Å². The van der Waals surface area contributed by atoms with Crippen LogP contribution in [0.4, 0.5) is 4.39 Å². The number of rotatable bonds is 10. The van der Waals surface area contributed by atoms with Gasteiger partial charge in [-0.25, -0.2) is 4.39 Å². The highest BCUT2D eigenvalue weighted by Gasteiger charge is 2.29. The number of hydrogen-bond acceptors (Lipinski definition) is 3. The zero-order valence-electron chi connectivity index (χ0n) is 18.5. The van der Waals surface area contributed by atoms with E-state index < -0.39 is 6.04 Å². The molecule has 0 bridgehead atoms. The Hall–Kier alpha value is -2.41. The Morgan fingerprint density at radius 1 is 1.10 bits per heavy atom. The molecule has 0 aliphatic carbocycles. The summed E-state index contributed by atoms with van der Waals surface area (Å²) in [7, 11) is 0. The fraction of sp³-hybridized carbons (Fsp3) is 0.417. The summed E-state index contributed by atoms with van der Waals surface area (Å²) in [6.07, 6.45) is 1.34. The Bertz CT molecular complexity index is 887. The smallest absolute Gasteiger partial charge is 0.261 e. The van der Waals surface area contributed by atoms with Crippen LogP contribution in [0.25, 0.3) is 0 Å². The first-order valence-corrected chi connectivity index (χ1v) is 11.3. The lowest BCUT2D eigenvalue weighted by atomic mass is 10.1. The molecule has 0 aliphatic rings. The second-order valence-electron chi connectivity index (χ2n) is 7.64. The molecule has 0 aromatic heterocycles. The Balaban J connectivity index is 2.21. The molecule has 7 heteroatoms. The highest BCUT2D eigenvalue weighted by Crippen LogP contribution is 2.26. The van der Waals surface area contributed by atoms with Crippen LogP contribution < -0.4 is 10.1 Å². The molecule has 0 spiro atoms. The quantitative estimate of drug-likeness (QED) is 0.514. The molecule has 0 unspecified atom stereocenters. The number of halogens is 2. The Morgan fingerprint density at radius 2 is 1.74 bits per heavy atom. The standard InChI is InChI=1S/C24H30BrFN2O3/c1-5-17-9-12-22(20(25)13-17)31-15-23(29)28(14-18-7-10-19(26)11-8-18)21(6-2)24(30)27-16(3)4/h7-13,16,21H,5-6,14-15H2,1-4H3,(H,27,30)/t21-/m0/s1. The second kappa shape index (κ2) is 11.8. The van der Waals surface area contributed by atoms with Gasteiger partial charge in [0.15, 0.2) is 6.61 Å². The van der Waals surface area contributed by atoms with E-state index >= 15 is 0 Å². The first-order valence-electron chi connectivity index (χ1n) is 10.5. The number of benzene rings is 2. The number of nitrogens with zero attached hydrogens (tertiary/aromatic N) is 1. The molecule has 1 N–H and O–H groups in total. The van der Waals surface area contributed by atoms with E-state index in [-0.39, 0.29) is 36.8 Å². The molecule has 0 heterocycles. The van der Waals surface area contributed by atoms with Crippen LogP contribution in [0.15, 0.2) is 46.9 Å². The van der Waals surface area contributed by atoms with Gasteiger partial charge in [0.05, 0.1) is 4.47 Å². The minimum atomic E-state index is -0.658. The van der Waals surface area contributed by atoms with Gasteiger partial charge in [-0.05, 0) is 78.0 Å². The molecular formula is C24H30BrFN2O3. The van der Waals surface area contributed by atoms with E-state index in [0.29, 0.717) is 12.2 Å². The van der Waals surface area contributed by atoms with Crippen molar-refractivity contribution in [3.63, 3.8) is 0 Å². The van der Waals surface area contributed by atoms with Crippen LogP contribution in [-0.2, 0) is 22.6 Å².